The van der Waals surface area contributed by atoms with Crippen molar-refractivity contribution < 1.29 is 24.0 Å². The molecule has 90 valence electrons. The third-order valence-electron chi connectivity index (χ3n) is 2.80. The normalized spacial score (nSPS) is 31.2. The molecule has 0 saturated carbocycles. The van der Waals surface area contributed by atoms with Gasteiger partial charge in [-0.25, -0.2) is 9.68 Å². The zero-order chi connectivity index (χ0) is 11.7. The first-order chi connectivity index (χ1) is 8.33. The maximum Gasteiger partial charge on any atom is 0.338 e. The molecule has 0 aliphatic carbocycles. The summed E-state index contributed by atoms with van der Waals surface area (Å²) in [7, 11) is 0. The van der Waals surface area contributed by atoms with Crippen LogP contribution in [0.25, 0.3) is 0 Å². The summed E-state index contributed by atoms with van der Waals surface area (Å²) in [4.78, 5) is 21.6. The van der Waals surface area contributed by atoms with Crippen LogP contribution in [0.5, 0.6) is 0 Å². The van der Waals surface area contributed by atoms with Crippen molar-refractivity contribution in [3.8, 4) is 0 Å². The Kier molecular flexibility index (Phi) is 2.80. The highest BCUT2D eigenvalue weighted by Crippen LogP contribution is 2.30. The Morgan fingerprint density at radius 3 is 2.82 bits per heavy atom. The van der Waals surface area contributed by atoms with Gasteiger partial charge < -0.3 is 9.47 Å². The summed E-state index contributed by atoms with van der Waals surface area (Å²) in [5, 5.41) is 0. The molecule has 2 aliphatic heterocycles. The number of esters is 1. The average molecular weight is 236 g/mol. The maximum absolute atomic E-state index is 11.8. The van der Waals surface area contributed by atoms with Gasteiger partial charge in [-0.1, -0.05) is 18.2 Å². The summed E-state index contributed by atoms with van der Waals surface area (Å²) in [6.45, 7) is 0. The van der Waals surface area contributed by atoms with E-state index in [-0.39, 0.29) is 12.3 Å². The van der Waals surface area contributed by atoms with Gasteiger partial charge in [0.25, 0.3) is 0 Å². The largest absolute Gasteiger partial charge is 0.453 e. The number of hydrogen-bond acceptors (Lipinski definition) is 5. The fraction of sp³-hybridized carbons (Fsp3) is 0.417. The number of carbonyl (C=O) groups excluding carboxylic acids is 1. The van der Waals surface area contributed by atoms with Crippen LogP contribution in [0.1, 0.15) is 23.2 Å². The van der Waals surface area contributed by atoms with E-state index in [1.54, 1.807) is 24.3 Å². The van der Waals surface area contributed by atoms with Gasteiger partial charge in [0.15, 0.2) is 12.4 Å². The van der Waals surface area contributed by atoms with Crippen molar-refractivity contribution in [2.24, 2.45) is 0 Å². The van der Waals surface area contributed by atoms with Crippen LogP contribution in [0.4, 0.5) is 0 Å². The smallest absolute Gasteiger partial charge is 0.338 e. The lowest BCUT2D eigenvalue weighted by Crippen LogP contribution is -2.36. The number of fused-ring (bicyclic) bond motifs is 2. The van der Waals surface area contributed by atoms with Gasteiger partial charge in [-0.2, -0.15) is 4.89 Å². The Bertz CT molecular complexity index is 405. The van der Waals surface area contributed by atoms with E-state index in [4.69, 9.17) is 19.2 Å². The fourth-order valence-corrected chi connectivity index (χ4v) is 1.91. The topological polar surface area (TPSA) is 54.0 Å². The second kappa shape index (κ2) is 4.44. The minimum Gasteiger partial charge on any atom is -0.453 e. The van der Waals surface area contributed by atoms with Gasteiger partial charge in [-0.05, 0) is 18.6 Å². The van der Waals surface area contributed by atoms with Crippen LogP contribution in [0, 0.1) is 0 Å². The van der Waals surface area contributed by atoms with Crippen LogP contribution in [0.15, 0.2) is 30.3 Å². The number of ether oxygens (including phenoxy) is 2. The second-order valence-electron chi connectivity index (χ2n) is 4.01. The molecular formula is C12H12O5. The first-order valence-corrected chi connectivity index (χ1v) is 5.56. The van der Waals surface area contributed by atoms with Crippen molar-refractivity contribution in [3.63, 3.8) is 0 Å². The Labute approximate surface area is 98.2 Å². The van der Waals surface area contributed by atoms with Crippen molar-refractivity contribution >= 4 is 5.97 Å². The second-order valence-corrected chi connectivity index (χ2v) is 4.01. The molecule has 0 radical (unpaired) electrons. The van der Waals surface area contributed by atoms with Crippen LogP contribution in [0.2, 0.25) is 0 Å². The molecule has 1 aromatic carbocycles. The highest BCUT2D eigenvalue weighted by molar-refractivity contribution is 5.89. The number of carbonyl (C=O) groups is 1. The molecule has 0 unspecified atom stereocenters. The molecule has 5 nitrogen and oxygen atoms in total. The number of benzene rings is 1. The lowest BCUT2D eigenvalue weighted by atomic mass is 10.1. The van der Waals surface area contributed by atoms with Crippen molar-refractivity contribution in [1.82, 2.24) is 0 Å². The molecule has 2 saturated heterocycles. The van der Waals surface area contributed by atoms with Gasteiger partial charge in [-0.15, -0.1) is 0 Å². The van der Waals surface area contributed by atoms with Crippen molar-refractivity contribution in [2.75, 3.05) is 0 Å². The summed E-state index contributed by atoms with van der Waals surface area (Å²) in [6.07, 6.45) is 0.0477. The van der Waals surface area contributed by atoms with Crippen LogP contribution >= 0.6 is 0 Å². The Balaban J connectivity index is 1.65. The monoisotopic (exact) mass is 236 g/mol. The molecule has 3 rings (SSSR count). The maximum atomic E-state index is 11.8. The van der Waals surface area contributed by atoms with E-state index >= 15 is 0 Å². The molecule has 1 aromatic rings. The molecule has 2 fully saturated rings. The molecule has 0 amide bonds. The Morgan fingerprint density at radius 1 is 1.18 bits per heavy atom. The third-order valence-corrected chi connectivity index (χ3v) is 2.80. The van der Waals surface area contributed by atoms with Gasteiger partial charge in [0.05, 0.1) is 5.56 Å². The van der Waals surface area contributed by atoms with Crippen molar-refractivity contribution in [3.05, 3.63) is 35.9 Å². The molecule has 2 aliphatic rings. The zero-order valence-corrected chi connectivity index (χ0v) is 9.07. The molecule has 0 aromatic heterocycles. The summed E-state index contributed by atoms with van der Waals surface area (Å²) < 4.78 is 10.7. The summed E-state index contributed by atoms with van der Waals surface area (Å²) in [5.74, 6) is -0.367. The zero-order valence-electron chi connectivity index (χ0n) is 9.07. The van der Waals surface area contributed by atoms with Gasteiger partial charge in [0, 0.05) is 6.42 Å². The average Bonchev–Trinajstić information content (AvgIpc) is 2.77. The van der Waals surface area contributed by atoms with E-state index in [1.165, 1.54) is 0 Å². The Hall–Kier alpha value is -1.43. The Morgan fingerprint density at radius 2 is 2.00 bits per heavy atom. The number of hydrogen-bond donors (Lipinski definition) is 0. The van der Waals surface area contributed by atoms with Gasteiger partial charge in [0.1, 0.15) is 0 Å². The first kappa shape index (κ1) is 10.7. The van der Waals surface area contributed by atoms with Crippen LogP contribution in [0.3, 0.4) is 0 Å². The van der Waals surface area contributed by atoms with E-state index in [2.05, 4.69) is 0 Å². The fourth-order valence-electron chi connectivity index (χ4n) is 1.91. The van der Waals surface area contributed by atoms with Crippen LogP contribution in [-0.4, -0.2) is 24.7 Å². The minimum absolute atomic E-state index is 0.313. The molecule has 2 heterocycles. The lowest BCUT2D eigenvalue weighted by Gasteiger charge is -2.24. The molecule has 2 bridgehead atoms. The minimum atomic E-state index is -0.596. The highest BCUT2D eigenvalue weighted by atomic mass is 17.3. The molecular weight excluding hydrogens is 224 g/mol. The molecule has 5 heteroatoms. The highest BCUT2D eigenvalue weighted by Gasteiger charge is 2.42. The van der Waals surface area contributed by atoms with Crippen molar-refractivity contribution in [2.45, 2.75) is 31.5 Å². The summed E-state index contributed by atoms with van der Waals surface area (Å²) in [5.41, 5.74) is 0.522. The van der Waals surface area contributed by atoms with Gasteiger partial charge >= 0.3 is 5.97 Å². The van der Waals surface area contributed by atoms with E-state index < -0.39 is 12.4 Å². The quantitative estimate of drug-likeness (QED) is 0.577. The predicted octanol–water partition coefficient (Wildman–Crippen LogP) is 1.64. The number of rotatable bonds is 2. The van der Waals surface area contributed by atoms with E-state index in [0.717, 1.165) is 0 Å². The summed E-state index contributed by atoms with van der Waals surface area (Å²) >= 11 is 0. The van der Waals surface area contributed by atoms with Gasteiger partial charge in [-0.3, -0.25) is 0 Å². The van der Waals surface area contributed by atoms with E-state index in [0.29, 0.717) is 18.4 Å². The van der Waals surface area contributed by atoms with Crippen molar-refractivity contribution in [1.29, 1.82) is 0 Å². The third kappa shape index (κ3) is 2.17. The molecule has 17 heavy (non-hydrogen) atoms. The van der Waals surface area contributed by atoms with E-state index in [9.17, 15) is 4.79 Å². The van der Waals surface area contributed by atoms with Gasteiger partial charge in [0.2, 0.25) is 6.29 Å². The molecule has 3 atom stereocenters. The van der Waals surface area contributed by atoms with Crippen LogP contribution < -0.4 is 0 Å². The first-order valence-electron chi connectivity index (χ1n) is 5.56. The molecule has 0 spiro atoms. The standard InChI is InChI=1S/C12H12O5/c13-11(8-4-2-1-3-5-8)14-9-6-7-10-15-12(9)17-16-10/h1-5,9-10,12H,6-7H2/t9-,10+,12-/m0/s1. The summed E-state index contributed by atoms with van der Waals surface area (Å²) in [6, 6.07) is 8.85. The van der Waals surface area contributed by atoms with Crippen LogP contribution in [-0.2, 0) is 19.2 Å². The van der Waals surface area contributed by atoms with E-state index in [1.807, 2.05) is 6.07 Å². The SMILES string of the molecule is O=C(O[C@H]1CC[C@H]2OO[C@@H]1O2)c1ccccc1. The molecule has 0 N–H and O–H groups in total. The predicted molar refractivity (Wildman–Crippen MR) is 55.7 cm³/mol. The lowest BCUT2D eigenvalue weighted by molar-refractivity contribution is -0.298.